The number of rotatable bonds is 7. The van der Waals surface area contributed by atoms with E-state index >= 15 is 0 Å². The maximum atomic E-state index is 11.3. The Hall–Kier alpha value is -3.12. The number of likely N-dealkylation sites (tertiary alicyclic amines) is 1. The van der Waals surface area contributed by atoms with Crippen molar-refractivity contribution < 1.29 is 9.59 Å². The molecule has 29 heavy (non-hydrogen) atoms. The average Bonchev–Trinajstić information content (AvgIpc) is 3.33. The Balaban J connectivity index is 1.57. The number of aromatic nitrogens is 1. The number of primary amides is 2. The number of nitrogens with one attached hydrogen (secondary N) is 1. The van der Waals surface area contributed by atoms with Gasteiger partial charge in [0.15, 0.2) is 0 Å². The normalized spacial score (nSPS) is 17.0. The summed E-state index contributed by atoms with van der Waals surface area (Å²) in [6.07, 6.45) is 5.75. The molecule has 0 spiro atoms. The summed E-state index contributed by atoms with van der Waals surface area (Å²) in [7, 11) is 0. The number of fused-ring (bicyclic) bond motifs is 1. The molecular weight excluding hydrogens is 364 g/mol. The van der Waals surface area contributed by atoms with Gasteiger partial charge in [0, 0.05) is 41.7 Å². The predicted octanol–water partition coefficient (Wildman–Crippen LogP) is 2.82. The van der Waals surface area contributed by atoms with E-state index in [1.54, 1.807) is 12.1 Å². The van der Waals surface area contributed by atoms with Gasteiger partial charge in [-0.2, -0.15) is 0 Å². The van der Waals surface area contributed by atoms with Gasteiger partial charge < -0.3 is 16.5 Å². The largest absolute Gasteiger partial charge is 0.370 e. The van der Waals surface area contributed by atoms with Gasteiger partial charge in [0.1, 0.15) is 0 Å². The zero-order chi connectivity index (χ0) is 20.4. The summed E-state index contributed by atoms with van der Waals surface area (Å²) >= 11 is 0. The van der Waals surface area contributed by atoms with Crippen LogP contribution in [0, 0.1) is 0 Å². The smallest absolute Gasteiger partial charge is 0.248 e. The molecule has 4 rings (SSSR count). The van der Waals surface area contributed by atoms with E-state index in [0.29, 0.717) is 18.0 Å². The fourth-order valence-corrected chi connectivity index (χ4v) is 4.28. The minimum atomic E-state index is -0.419. The van der Waals surface area contributed by atoms with Crippen LogP contribution >= 0.6 is 0 Å². The van der Waals surface area contributed by atoms with Crippen molar-refractivity contribution in [1.29, 1.82) is 0 Å². The standard InChI is InChI=1S/C23H26N4O2/c24-22(28)9-11-27-10-1-2-19(27)12-18-14-26-21-8-7-17(13-20(18)21)15-3-5-16(6-4-15)23(25)29/h3-8,13-14,19,26H,1-2,9-12H2,(H2,24,28)(H2,25,29)/t19-/m1/s1. The number of aromatic amines is 1. The number of hydrogen-bond donors (Lipinski definition) is 3. The highest BCUT2D eigenvalue weighted by Crippen LogP contribution is 2.29. The van der Waals surface area contributed by atoms with E-state index in [9.17, 15) is 9.59 Å². The summed E-state index contributed by atoms with van der Waals surface area (Å²) in [6.45, 7) is 1.76. The average molecular weight is 390 g/mol. The number of nitrogens with zero attached hydrogens (tertiary/aromatic N) is 1. The third-order valence-electron chi connectivity index (χ3n) is 5.87. The zero-order valence-corrected chi connectivity index (χ0v) is 16.4. The lowest BCUT2D eigenvalue weighted by atomic mass is 9.98. The summed E-state index contributed by atoms with van der Waals surface area (Å²) in [5.41, 5.74) is 15.7. The molecule has 1 aliphatic heterocycles. The second-order valence-electron chi connectivity index (χ2n) is 7.77. The lowest BCUT2D eigenvalue weighted by molar-refractivity contribution is -0.118. The van der Waals surface area contributed by atoms with Crippen LogP contribution in [-0.4, -0.2) is 40.8 Å². The van der Waals surface area contributed by atoms with Crippen LogP contribution in [0.2, 0.25) is 0 Å². The molecule has 0 unspecified atom stereocenters. The van der Waals surface area contributed by atoms with E-state index in [4.69, 9.17) is 11.5 Å². The van der Waals surface area contributed by atoms with Crippen LogP contribution in [0.1, 0.15) is 35.2 Å². The molecule has 0 radical (unpaired) electrons. The molecule has 2 aromatic carbocycles. The molecular formula is C23H26N4O2. The fraction of sp³-hybridized carbons (Fsp3) is 0.304. The molecule has 3 aromatic rings. The highest BCUT2D eigenvalue weighted by atomic mass is 16.1. The molecule has 1 saturated heterocycles. The van der Waals surface area contributed by atoms with Crippen LogP contribution in [-0.2, 0) is 11.2 Å². The second-order valence-corrected chi connectivity index (χ2v) is 7.77. The van der Waals surface area contributed by atoms with Gasteiger partial charge in [-0.3, -0.25) is 14.5 Å². The van der Waals surface area contributed by atoms with Crippen LogP contribution in [0.25, 0.3) is 22.0 Å². The van der Waals surface area contributed by atoms with Crippen molar-refractivity contribution in [1.82, 2.24) is 9.88 Å². The molecule has 1 aromatic heterocycles. The first kappa shape index (κ1) is 19.2. The second kappa shape index (κ2) is 8.09. The molecule has 2 amide bonds. The molecule has 0 aliphatic carbocycles. The molecule has 5 N–H and O–H groups in total. The number of carbonyl (C=O) groups is 2. The Labute approximate surface area is 169 Å². The summed E-state index contributed by atoms with van der Waals surface area (Å²) in [4.78, 5) is 28.2. The van der Waals surface area contributed by atoms with Crippen molar-refractivity contribution in [2.45, 2.75) is 31.7 Å². The minimum absolute atomic E-state index is 0.241. The molecule has 150 valence electrons. The van der Waals surface area contributed by atoms with Crippen LogP contribution in [0.5, 0.6) is 0 Å². The van der Waals surface area contributed by atoms with Crippen LogP contribution in [0.3, 0.4) is 0 Å². The van der Waals surface area contributed by atoms with Gasteiger partial charge in [-0.1, -0.05) is 18.2 Å². The molecule has 0 bridgehead atoms. The fourth-order valence-electron chi connectivity index (χ4n) is 4.28. The van der Waals surface area contributed by atoms with Gasteiger partial charge in [0.25, 0.3) is 0 Å². The highest BCUT2D eigenvalue weighted by molar-refractivity contribution is 5.93. The topological polar surface area (TPSA) is 105 Å². The number of amides is 2. The third kappa shape index (κ3) is 4.17. The van der Waals surface area contributed by atoms with Gasteiger partial charge in [-0.05, 0) is 66.8 Å². The Bertz CT molecular complexity index is 1040. The highest BCUT2D eigenvalue weighted by Gasteiger charge is 2.25. The van der Waals surface area contributed by atoms with E-state index in [1.165, 1.54) is 10.9 Å². The Morgan fingerprint density at radius 2 is 1.83 bits per heavy atom. The van der Waals surface area contributed by atoms with Gasteiger partial charge >= 0.3 is 0 Å². The third-order valence-corrected chi connectivity index (χ3v) is 5.87. The molecule has 1 aliphatic rings. The Morgan fingerprint density at radius 1 is 1.07 bits per heavy atom. The molecule has 6 heteroatoms. The van der Waals surface area contributed by atoms with E-state index in [0.717, 1.165) is 49.0 Å². The van der Waals surface area contributed by atoms with Crippen LogP contribution < -0.4 is 11.5 Å². The van der Waals surface area contributed by atoms with E-state index < -0.39 is 5.91 Å². The van der Waals surface area contributed by atoms with Gasteiger partial charge in [0.2, 0.25) is 11.8 Å². The summed E-state index contributed by atoms with van der Waals surface area (Å²) in [6, 6.07) is 14.2. The Kier molecular flexibility index (Phi) is 5.36. The number of nitrogens with two attached hydrogens (primary N) is 2. The van der Waals surface area contributed by atoms with Crippen molar-refractivity contribution in [3.63, 3.8) is 0 Å². The van der Waals surface area contributed by atoms with Crippen molar-refractivity contribution in [2.24, 2.45) is 11.5 Å². The van der Waals surface area contributed by atoms with E-state index in [2.05, 4.69) is 34.3 Å². The SMILES string of the molecule is NC(=O)CCN1CCC[C@@H]1Cc1c[nH]c2ccc(-c3ccc(C(N)=O)cc3)cc12. The van der Waals surface area contributed by atoms with E-state index in [-0.39, 0.29) is 5.91 Å². The van der Waals surface area contributed by atoms with E-state index in [1.807, 2.05) is 12.1 Å². The minimum Gasteiger partial charge on any atom is -0.370 e. The number of benzene rings is 2. The predicted molar refractivity (Wildman–Crippen MR) is 114 cm³/mol. The van der Waals surface area contributed by atoms with Crippen LogP contribution in [0.15, 0.2) is 48.7 Å². The lowest BCUT2D eigenvalue weighted by Crippen LogP contribution is -2.33. The quantitative estimate of drug-likeness (QED) is 0.578. The van der Waals surface area contributed by atoms with Crippen molar-refractivity contribution in [3.8, 4) is 11.1 Å². The lowest BCUT2D eigenvalue weighted by Gasteiger charge is -2.23. The maximum absolute atomic E-state index is 11.3. The molecule has 1 fully saturated rings. The molecule has 6 nitrogen and oxygen atoms in total. The van der Waals surface area contributed by atoms with Gasteiger partial charge in [-0.25, -0.2) is 0 Å². The Morgan fingerprint density at radius 3 is 2.55 bits per heavy atom. The van der Waals surface area contributed by atoms with Crippen LogP contribution in [0.4, 0.5) is 0 Å². The molecule has 1 atom stereocenters. The first-order chi connectivity index (χ1) is 14.0. The monoisotopic (exact) mass is 390 g/mol. The summed E-state index contributed by atoms with van der Waals surface area (Å²) < 4.78 is 0. The van der Waals surface area contributed by atoms with Crippen molar-refractivity contribution in [3.05, 3.63) is 59.8 Å². The van der Waals surface area contributed by atoms with Gasteiger partial charge in [0.05, 0.1) is 0 Å². The zero-order valence-electron chi connectivity index (χ0n) is 16.4. The first-order valence-corrected chi connectivity index (χ1v) is 10.0. The number of hydrogen-bond acceptors (Lipinski definition) is 3. The van der Waals surface area contributed by atoms with Crippen molar-refractivity contribution >= 4 is 22.7 Å². The maximum Gasteiger partial charge on any atom is 0.248 e. The summed E-state index contributed by atoms with van der Waals surface area (Å²) in [5, 5.41) is 1.21. The summed E-state index contributed by atoms with van der Waals surface area (Å²) in [5.74, 6) is -0.660. The molecule has 0 saturated carbocycles. The first-order valence-electron chi connectivity index (χ1n) is 10.0. The molecule has 2 heterocycles. The number of carbonyl (C=O) groups excluding carboxylic acids is 2. The number of H-pyrrole nitrogens is 1. The van der Waals surface area contributed by atoms with Gasteiger partial charge in [-0.15, -0.1) is 0 Å². The van der Waals surface area contributed by atoms with Crippen molar-refractivity contribution in [2.75, 3.05) is 13.1 Å².